The van der Waals surface area contributed by atoms with Gasteiger partial charge < -0.3 is 15.4 Å². The van der Waals surface area contributed by atoms with Gasteiger partial charge in [-0.1, -0.05) is 0 Å². The molecule has 1 amide bonds. The van der Waals surface area contributed by atoms with Gasteiger partial charge in [0.15, 0.2) is 0 Å². The summed E-state index contributed by atoms with van der Waals surface area (Å²) in [6, 6.07) is 0. The summed E-state index contributed by atoms with van der Waals surface area (Å²) in [5.41, 5.74) is 0.254. The maximum absolute atomic E-state index is 10.9. The van der Waals surface area contributed by atoms with Gasteiger partial charge in [0.2, 0.25) is 5.91 Å². The summed E-state index contributed by atoms with van der Waals surface area (Å²) in [4.78, 5) is 10.9. The predicted molar refractivity (Wildman–Crippen MR) is 52.9 cm³/mol. The third kappa shape index (κ3) is 1.77. The number of hydrogen-bond acceptors (Lipinski definition) is 3. The smallest absolute Gasteiger partial charge is 0.216 e. The maximum Gasteiger partial charge on any atom is 0.216 e. The Hall–Kier alpha value is -0.610. The molecule has 0 radical (unpaired) electrons. The van der Waals surface area contributed by atoms with E-state index in [-0.39, 0.29) is 11.3 Å². The summed E-state index contributed by atoms with van der Waals surface area (Å²) < 4.78 is 5.46. The largest absolute Gasteiger partial charge is 0.381 e. The van der Waals surface area contributed by atoms with Crippen molar-refractivity contribution in [3.8, 4) is 0 Å². The Morgan fingerprint density at radius 1 is 1.71 bits per heavy atom. The van der Waals surface area contributed by atoms with E-state index in [9.17, 15) is 4.79 Å². The molecule has 2 aliphatic rings. The molecule has 4 nitrogen and oxygen atoms in total. The molecular weight excluding hydrogens is 180 g/mol. The number of fused-ring (bicyclic) bond motifs is 1. The van der Waals surface area contributed by atoms with E-state index in [4.69, 9.17) is 4.74 Å². The molecule has 0 aromatic rings. The molecule has 2 atom stereocenters. The first-order chi connectivity index (χ1) is 6.73. The van der Waals surface area contributed by atoms with Crippen LogP contribution in [0.4, 0.5) is 0 Å². The second kappa shape index (κ2) is 3.87. The van der Waals surface area contributed by atoms with Crippen LogP contribution in [-0.2, 0) is 9.53 Å². The highest BCUT2D eigenvalue weighted by molar-refractivity contribution is 5.72. The number of nitrogens with one attached hydrogen (secondary N) is 2. The van der Waals surface area contributed by atoms with Crippen LogP contribution in [0.3, 0.4) is 0 Å². The zero-order chi connectivity index (χ0) is 10.0. The molecule has 0 aromatic carbocycles. The minimum atomic E-state index is 0.0662. The van der Waals surface area contributed by atoms with E-state index in [1.165, 1.54) is 0 Å². The van der Waals surface area contributed by atoms with Crippen molar-refractivity contribution in [1.29, 1.82) is 0 Å². The van der Waals surface area contributed by atoms with E-state index >= 15 is 0 Å². The van der Waals surface area contributed by atoms with Gasteiger partial charge in [0.05, 0.1) is 6.61 Å². The van der Waals surface area contributed by atoms with Crippen LogP contribution in [0.25, 0.3) is 0 Å². The Kier molecular flexibility index (Phi) is 2.74. The molecule has 2 rings (SSSR count). The number of amides is 1. The van der Waals surface area contributed by atoms with Gasteiger partial charge >= 0.3 is 0 Å². The van der Waals surface area contributed by atoms with Crippen LogP contribution in [0.2, 0.25) is 0 Å². The summed E-state index contributed by atoms with van der Waals surface area (Å²) in [5, 5.41) is 6.34. The lowest BCUT2D eigenvalue weighted by Gasteiger charge is -2.38. The lowest BCUT2D eigenvalue weighted by molar-refractivity contribution is -0.120. The first-order valence-electron chi connectivity index (χ1n) is 5.26. The first-order valence-corrected chi connectivity index (χ1v) is 5.26. The highest BCUT2D eigenvalue weighted by Crippen LogP contribution is 2.37. The minimum absolute atomic E-state index is 0.0662. The highest BCUT2D eigenvalue weighted by Gasteiger charge is 2.44. The van der Waals surface area contributed by atoms with Crippen molar-refractivity contribution in [3.05, 3.63) is 0 Å². The van der Waals surface area contributed by atoms with Crippen LogP contribution in [0.5, 0.6) is 0 Å². The fourth-order valence-corrected chi connectivity index (χ4v) is 2.48. The molecule has 2 saturated heterocycles. The molecule has 0 bridgehead atoms. The summed E-state index contributed by atoms with van der Waals surface area (Å²) in [6.07, 6.45) is 1.06. The summed E-state index contributed by atoms with van der Waals surface area (Å²) in [7, 11) is 0. The zero-order valence-electron chi connectivity index (χ0n) is 8.64. The van der Waals surface area contributed by atoms with Gasteiger partial charge in [0, 0.05) is 44.5 Å². The molecule has 0 saturated carbocycles. The summed E-state index contributed by atoms with van der Waals surface area (Å²) in [6.45, 7) is 6.09. The van der Waals surface area contributed by atoms with Crippen LogP contribution in [-0.4, -0.2) is 38.8 Å². The Morgan fingerprint density at radius 2 is 2.57 bits per heavy atom. The van der Waals surface area contributed by atoms with E-state index < -0.39 is 0 Å². The third-order valence-corrected chi connectivity index (χ3v) is 3.49. The van der Waals surface area contributed by atoms with Crippen molar-refractivity contribution in [2.24, 2.45) is 11.3 Å². The SMILES string of the molecule is CC(=O)NCC12CCOCC1CNC2. The molecule has 4 heteroatoms. The van der Waals surface area contributed by atoms with E-state index in [0.29, 0.717) is 5.92 Å². The maximum atomic E-state index is 10.9. The molecule has 14 heavy (non-hydrogen) atoms. The summed E-state index contributed by atoms with van der Waals surface area (Å²) >= 11 is 0. The van der Waals surface area contributed by atoms with E-state index in [0.717, 1.165) is 39.3 Å². The lowest BCUT2D eigenvalue weighted by Crippen LogP contribution is -2.46. The van der Waals surface area contributed by atoms with Crippen LogP contribution >= 0.6 is 0 Å². The van der Waals surface area contributed by atoms with Crippen LogP contribution < -0.4 is 10.6 Å². The van der Waals surface area contributed by atoms with Gasteiger partial charge in [-0.3, -0.25) is 4.79 Å². The van der Waals surface area contributed by atoms with Gasteiger partial charge in [-0.05, 0) is 6.42 Å². The van der Waals surface area contributed by atoms with Gasteiger partial charge in [-0.15, -0.1) is 0 Å². The van der Waals surface area contributed by atoms with Crippen molar-refractivity contribution in [1.82, 2.24) is 10.6 Å². The number of rotatable bonds is 2. The Balaban J connectivity index is 1.99. The molecule has 0 aromatic heterocycles. The average molecular weight is 198 g/mol. The second-order valence-electron chi connectivity index (χ2n) is 4.42. The van der Waals surface area contributed by atoms with E-state index in [1.807, 2.05) is 0 Å². The topological polar surface area (TPSA) is 50.4 Å². The highest BCUT2D eigenvalue weighted by atomic mass is 16.5. The van der Waals surface area contributed by atoms with Crippen LogP contribution in [0.15, 0.2) is 0 Å². The monoisotopic (exact) mass is 198 g/mol. The van der Waals surface area contributed by atoms with Crippen LogP contribution in [0.1, 0.15) is 13.3 Å². The average Bonchev–Trinajstić information content (AvgIpc) is 2.58. The van der Waals surface area contributed by atoms with Crippen molar-refractivity contribution < 1.29 is 9.53 Å². The molecular formula is C10H18N2O2. The van der Waals surface area contributed by atoms with E-state index in [2.05, 4.69) is 10.6 Å². The number of carbonyl (C=O) groups is 1. The first kappa shape index (κ1) is 9.93. The zero-order valence-corrected chi connectivity index (χ0v) is 8.64. The molecule has 2 fully saturated rings. The number of ether oxygens (including phenoxy) is 1. The van der Waals surface area contributed by atoms with Gasteiger partial charge in [-0.25, -0.2) is 0 Å². The predicted octanol–water partition coefficient (Wildman–Crippen LogP) is -0.251. The fraction of sp³-hybridized carbons (Fsp3) is 0.900. The Bertz CT molecular complexity index is 232. The molecule has 2 unspecified atom stereocenters. The van der Waals surface area contributed by atoms with Gasteiger partial charge in [-0.2, -0.15) is 0 Å². The Labute approximate surface area is 84.4 Å². The minimum Gasteiger partial charge on any atom is -0.381 e. The molecule has 0 aliphatic carbocycles. The van der Waals surface area contributed by atoms with Crippen LogP contribution in [0, 0.1) is 11.3 Å². The lowest BCUT2D eigenvalue weighted by atomic mass is 9.74. The second-order valence-corrected chi connectivity index (χ2v) is 4.42. The van der Waals surface area contributed by atoms with E-state index in [1.54, 1.807) is 6.92 Å². The molecule has 0 spiro atoms. The van der Waals surface area contributed by atoms with Gasteiger partial charge in [0.1, 0.15) is 0 Å². The molecule has 2 heterocycles. The Morgan fingerprint density at radius 3 is 3.36 bits per heavy atom. The molecule has 2 aliphatic heterocycles. The quantitative estimate of drug-likeness (QED) is 0.643. The normalized spacial score (nSPS) is 36.5. The standard InChI is InChI=1S/C10H18N2O2/c1-8(13)12-7-10-2-3-14-5-9(10)4-11-6-10/h9,11H,2-7H2,1H3,(H,12,13). The fourth-order valence-electron chi connectivity index (χ4n) is 2.48. The van der Waals surface area contributed by atoms with Crippen molar-refractivity contribution in [3.63, 3.8) is 0 Å². The van der Waals surface area contributed by atoms with Crippen molar-refractivity contribution in [2.75, 3.05) is 32.8 Å². The molecule has 2 N–H and O–H groups in total. The number of carbonyl (C=O) groups excluding carboxylic acids is 1. The van der Waals surface area contributed by atoms with Crippen molar-refractivity contribution in [2.45, 2.75) is 13.3 Å². The third-order valence-electron chi connectivity index (χ3n) is 3.49. The van der Waals surface area contributed by atoms with Crippen molar-refractivity contribution >= 4 is 5.91 Å². The van der Waals surface area contributed by atoms with Gasteiger partial charge in [0.25, 0.3) is 0 Å². The summed E-state index contributed by atoms with van der Waals surface area (Å²) in [5.74, 6) is 0.639. The number of hydrogen-bond donors (Lipinski definition) is 2. The molecule has 80 valence electrons.